The summed E-state index contributed by atoms with van der Waals surface area (Å²) in [5.74, 6) is -1.44. The molecule has 6 nitrogen and oxygen atoms in total. The molecule has 0 aliphatic heterocycles. The molecule has 2 aromatic heterocycles. The molecule has 2 aromatic carbocycles. The Balaban J connectivity index is 2.07. The number of nitrogens with one attached hydrogen (secondary N) is 1. The molecule has 24 heavy (non-hydrogen) atoms. The molecule has 0 saturated heterocycles. The lowest BCUT2D eigenvalue weighted by Gasteiger charge is -2.04. The van der Waals surface area contributed by atoms with Gasteiger partial charge in [-0.15, -0.1) is 0 Å². The first-order valence-electron chi connectivity index (χ1n) is 6.86. The van der Waals surface area contributed by atoms with E-state index in [1.165, 1.54) is 6.07 Å². The van der Waals surface area contributed by atoms with E-state index >= 15 is 0 Å². The molecule has 0 bridgehead atoms. The number of oxazole rings is 1. The molecule has 0 fully saturated rings. The van der Waals surface area contributed by atoms with Crippen molar-refractivity contribution < 1.29 is 13.2 Å². The monoisotopic (exact) mass is 322 g/mol. The van der Waals surface area contributed by atoms with Crippen LogP contribution in [0.1, 0.15) is 5.56 Å². The van der Waals surface area contributed by atoms with E-state index in [1.807, 2.05) is 6.07 Å². The van der Waals surface area contributed by atoms with E-state index in [0.717, 1.165) is 6.07 Å². The minimum absolute atomic E-state index is 0.00514. The summed E-state index contributed by atoms with van der Waals surface area (Å²) in [5.41, 5.74) is 0.291. The third kappa shape index (κ3) is 2.01. The van der Waals surface area contributed by atoms with Gasteiger partial charge in [0.05, 0.1) is 17.0 Å². The van der Waals surface area contributed by atoms with E-state index in [4.69, 9.17) is 14.1 Å². The van der Waals surface area contributed by atoms with Crippen molar-refractivity contribution in [1.82, 2.24) is 4.98 Å². The Kier molecular flexibility index (Phi) is 2.87. The second-order valence-corrected chi connectivity index (χ2v) is 5.12. The first kappa shape index (κ1) is 14.0. The fourth-order valence-corrected chi connectivity index (χ4v) is 2.53. The van der Waals surface area contributed by atoms with E-state index in [0.29, 0.717) is 11.1 Å². The van der Waals surface area contributed by atoms with Crippen molar-refractivity contribution in [2.45, 2.75) is 0 Å². The Morgan fingerprint density at radius 2 is 1.79 bits per heavy atom. The largest absolute Gasteiger partial charge is 0.453 e. The van der Waals surface area contributed by atoms with Gasteiger partial charge in [-0.3, -0.25) is 9.78 Å². The molecule has 0 amide bonds. The van der Waals surface area contributed by atoms with Gasteiger partial charge in [-0.05, 0) is 30.3 Å². The Hall–Kier alpha value is -3.66. The van der Waals surface area contributed by atoms with Crippen LogP contribution in [-0.4, -0.2) is 4.98 Å². The van der Waals surface area contributed by atoms with Gasteiger partial charge < -0.3 is 8.83 Å². The third-order valence-corrected chi connectivity index (χ3v) is 3.65. The highest BCUT2D eigenvalue weighted by Crippen LogP contribution is 2.28. The fraction of sp³-hybridized carbons (Fsp3) is 0. The van der Waals surface area contributed by atoms with E-state index in [9.17, 15) is 14.0 Å². The van der Waals surface area contributed by atoms with Crippen LogP contribution in [0.2, 0.25) is 0 Å². The van der Waals surface area contributed by atoms with Crippen molar-refractivity contribution in [2.24, 2.45) is 0 Å². The van der Waals surface area contributed by atoms with Crippen molar-refractivity contribution in [3.63, 3.8) is 0 Å². The average molecular weight is 322 g/mol. The summed E-state index contributed by atoms with van der Waals surface area (Å²) in [5, 5.41) is 8.82. The van der Waals surface area contributed by atoms with E-state index in [1.54, 1.807) is 24.3 Å². The zero-order chi connectivity index (χ0) is 16.8. The average Bonchev–Trinajstić information content (AvgIpc) is 2.98. The summed E-state index contributed by atoms with van der Waals surface area (Å²) in [6, 6.07) is 10.6. The van der Waals surface area contributed by atoms with Crippen molar-refractivity contribution in [3.8, 4) is 17.4 Å². The van der Waals surface area contributed by atoms with Crippen LogP contribution in [0.3, 0.4) is 0 Å². The molecule has 4 aromatic rings. The summed E-state index contributed by atoms with van der Waals surface area (Å²) in [6.07, 6.45) is 0. The second-order valence-electron chi connectivity index (χ2n) is 5.12. The second kappa shape index (κ2) is 4.93. The van der Waals surface area contributed by atoms with Crippen molar-refractivity contribution >= 4 is 22.1 Å². The number of hydrogen-bond acceptors (Lipinski definition) is 5. The number of benzene rings is 2. The van der Waals surface area contributed by atoms with Gasteiger partial charge in [0.1, 0.15) is 11.3 Å². The van der Waals surface area contributed by atoms with Gasteiger partial charge in [-0.25, -0.2) is 9.18 Å². The molecule has 2 heterocycles. The van der Waals surface area contributed by atoms with E-state index in [-0.39, 0.29) is 27.8 Å². The predicted molar refractivity (Wildman–Crippen MR) is 83.0 cm³/mol. The molecule has 0 atom stereocenters. The molecule has 1 N–H and O–H groups in total. The topological polar surface area (TPSA) is 100 Å². The third-order valence-electron chi connectivity index (χ3n) is 3.65. The Labute approximate surface area is 132 Å². The first-order chi connectivity index (χ1) is 11.6. The summed E-state index contributed by atoms with van der Waals surface area (Å²) in [6.45, 7) is 0. The highest BCUT2D eigenvalue weighted by molar-refractivity contribution is 5.99. The molecule has 0 aliphatic rings. The Bertz CT molecular complexity index is 1260. The van der Waals surface area contributed by atoms with Gasteiger partial charge in [-0.2, -0.15) is 5.26 Å². The molecular formula is C17H7FN2O4. The number of nitriles is 1. The number of fused-ring (bicyclic) bond motifs is 3. The maximum Gasteiger partial charge on any atom is 0.417 e. The van der Waals surface area contributed by atoms with Gasteiger partial charge in [0, 0.05) is 11.6 Å². The molecular weight excluding hydrogens is 315 g/mol. The van der Waals surface area contributed by atoms with Crippen LogP contribution in [0.4, 0.5) is 4.39 Å². The van der Waals surface area contributed by atoms with Crippen molar-refractivity contribution in [1.29, 1.82) is 5.26 Å². The number of aromatic nitrogens is 1. The Morgan fingerprint density at radius 3 is 2.50 bits per heavy atom. The molecule has 0 unspecified atom stereocenters. The van der Waals surface area contributed by atoms with Crippen LogP contribution < -0.4 is 11.2 Å². The summed E-state index contributed by atoms with van der Waals surface area (Å²) >= 11 is 0. The van der Waals surface area contributed by atoms with Gasteiger partial charge in [-0.1, -0.05) is 0 Å². The zero-order valence-corrected chi connectivity index (χ0v) is 11.9. The number of nitrogens with zero attached hydrogens (tertiary/aromatic N) is 1. The maximum absolute atomic E-state index is 14.0. The molecule has 7 heteroatoms. The Morgan fingerprint density at radius 1 is 1.04 bits per heavy atom. The van der Waals surface area contributed by atoms with Gasteiger partial charge in [0.25, 0.3) is 0 Å². The van der Waals surface area contributed by atoms with Gasteiger partial charge in [0.15, 0.2) is 22.4 Å². The normalized spacial score (nSPS) is 11.0. The lowest BCUT2D eigenvalue weighted by atomic mass is 10.1. The van der Waals surface area contributed by atoms with Crippen molar-refractivity contribution in [2.75, 3.05) is 0 Å². The molecule has 4 rings (SSSR count). The van der Waals surface area contributed by atoms with Crippen LogP contribution in [0.25, 0.3) is 33.4 Å². The smallest absolute Gasteiger partial charge is 0.417 e. The lowest BCUT2D eigenvalue weighted by molar-refractivity contribution is 0.523. The fourth-order valence-electron chi connectivity index (χ4n) is 2.53. The molecule has 0 spiro atoms. The molecule has 0 saturated carbocycles. The molecule has 0 aliphatic carbocycles. The van der Waals surface area contributed by atoms with Crippen LogP contribution >= 0.6 is 0 Å². The van der Waals surface area contributed by atoms with Gasteiger partial charge >= 0.3 is 5.76 Å². The number of rotatable bonds is 1. The molecule has 0 radical (unpaired) electrons. The van der Waals surface area contributed by atoms with E-state index < -0.39 is 17.0 Å². The van der Waals surface area contributed by atoms with Crippen molar-refractivity contribution in [3.05, 3.63) is 68.6 Å². The summed E-state index contributed by atoms with van der Waals surface area (Å²) in [4.78, 5) is 26.0. The van der Waals surface area contributed by atoms with Crippen LogP contribution in [-0.2, 0) is 0 Å². The number of H-pyrrole nitrogens is 1. The van der Waals surface area contributed by atoms with Crippen LogP contribution in [0.5, 0.6) is 0 Å². The highest BCUT2D eigenvalue weighted by Gasteiger charge is 2.17. The minimum Gasteiger partial charge on any atom is -0.453 e. The quantitative estimate of drug-likeness (QED) is 0.581. The number of halogens is 1. The first-order valence-corrected chi connectivity index (χ1v) is 6.86. The number of aromatic amines is 1. The molecule has 116 valence electrons. The lowest BCUT2D eigenvalue weighted by Crippen LogP contribution is -2.02. The highest BCUT2D eigenvalue weighted by atomic mass is 19.1. The SMILES string of the molecule is N#Cc1ccc(-c2cc(=O)c3cc(F)c4oc(=O)[nH]c4c3o2)cc1. The minimum atomic E-state index is -0.845. The number of hydrogen-bond donors (Lipinski definition) is 1. The summed E-state index contributed by atoms with van der Waals surface area (Å²) < 4.78 is 24.4. The van der Waals surface area contributed by atoms with Gasteiger partial charge in [0.2, 0.25) is 0 Å². The predicted octanol–water partition coefficient (Wildman–Crippen LogP) is 2.91. The maximum atomic E-state index is 14.0. The standard InChI is InChI=1S/C17H7FN2O4/c18-11-5-10-12(21)6-13(9-3-1-8(7-19)2-4-9)23-15(10)14-16(11)24-17(22)20-14/h1-6H,(H,20,22). The van der Waals surface area contributed by atoms with E-state index in [2.05, 4.69) is 4.98 Å². The van der Waals surface area contributed by atoms with Crippen LogP contribution in [0.15, 0.2) is 54.8 Å². The zero-order valence-electron chi connectivity index (χ0n) is 11.9. The summed E-state index contributed by atoms with van der Waals surface area (Å²) in [7, 11) is 0. The van der Waals surface area contributed by atoms with Crippen LogP contribution in [0, 0.1) is 17.1 Å².